The number of aliphatic hydroxyl groups is 1. The Balaban J connectivity index is 1.97. The minimum Gasteiger partial charge on any atom is -0.384 e. The third-order valence-electron chi connectivity index (χ3n) is 3.75. The number of hydrogen-bond donors (Lipinski definition) is 2. The van der Waals surface area contributed by atoms with E-state index < -0.39 is 0 Å². The molecule has 1 amide bonds. The highest BCUT2D eigenvalue weighted by atomic mass is 16.2. The average Bonchev–Trinajstić information content (AvgIpc) is 2.52. The molecule has 2 rings (SSSR count). The number of hydrogen-bond acceptors (Lipinski definition) is 2. The van der Waals surface area contributed by atoms with Gasteiger partial charge in [0.2, 0.25) is 0 Å². The molecule has 0 saturated heterocycles. The van der Waals surface area contributed by atoms with Crippen LogP contribution in [0.15, 0.2) is 24.3 Å². The lowest BCUT2D eigenvalue weighted by Gasteiger charge is -2.21. The Morgan fingerprint density at radius 2 is 2.00 bits per heavy atom. The van der Waals surface area contributed by atoms with E-state index in [1.54, 1.807) is 12.1 Å². The van der Waals surface area contributed by atoms with Crippen LogP contribution in [0.3, 0.4) is 0 Å². The van der Waals surface area contributed by atoms with E-state index in [1.807, 2.05) is 12.1 Å². The highest BCUT2D eigenvalue weighted by molar-refractivity contribution is 5.96. The van der Waals surface area contributed by atoms with E-state index in [0.717, 1.165) is 6.54 Å². The second-order valence-electron chi connectivity index (χ2n) is 5.22. The lowest BCUT2D eigenvalue weighted by atomic mass is 9.89. The van der Waals surface area contributed by atoms with Gasteiger partial charge in [0.1, 0.15) is 6.61 Å². The predicted octanol–water partition coefficient (Wildman–Crippen LogP) is 2.34. The lowest BCUT2D eigenvalue weighted by Crippen LogP contribution is -2.30. The van der Waals surface area contributed by atoms with E-state index in [4.69, 9.17) is 5.11 Å². The Bertz CT molecular complexity index is 507. The van der Waals surface area contributed by atoms with Crippen LogP contribution in [0.4, 0.5) is 0 Å². The minimum atomic E-state index is -0.196. The van der Waals surface area contributed by atoms with Gasteiger partial charge in [0.05, 0.1) is 5.56 Å². The summed E-state index contributed by atoms with van der Waals surface area (Å²) < 4.78 is 0. The van der Waals surface area contributed by atoms with Gasteiger partial charge in [-0.15, -0.1) is 0 Å². The average molecular weight is 271 g/mol. The summed E-state index contributed by atoms with van der Waals surface area (Å²) in [6.45, 7) is 0.554. The van der Waals surface area contributed by atoms with Crippen LogP contribution in [0.1, 0.15) is 48.0 Å². The van der Waals surface area contributed by atoms with Crippen molar-refractivity contribution in [2.75, 3.05) is 13.2 Å². The van der Waals surface area contributed by atoms with Crippen LogP contribution >= 0.6 is 0 Å². The van der Waals surface area contributed by atoms with E-state index in [-0.39, 0.29) is 12.5 Å². The van der Waals surface area contributed by atoms with Crippen molar-refractivity contribution in [3.05, 3.63) is 35.4 Å². The summed E-state index contributed by atoms with van der Waals surface area (Å²) in [5.74, 6) is 5.96. The van der Waals surface area contributed by atoms with Crippen molar-refractivity contribution in [2.24, 2.45) is 5.92 Å². The first-order chi connectivity index (χ1) is 9.81. The maximum Gasteiger partial charge on any atom is 0.252 e. The van der Waals surface area contributed by atoms with Crippen molar-refractivity contribution in [1.82, 2.24) is 5.32 Å². The van der Waals surface area contributed by atoms with E-state index in [9.17, 15) is 4.79 Å². The topological polar surface area (TPSA) is 49.3 Å². The molecule has 0 bridgehead atoms. The first-order valence-corrected chi connectivity index (χ1v) is 7.28. The molecule has 1 aromatic carbocycles. The molecule has 0 heterocycles. The van der Waals surface area contributed by atoms with Crippen LogP contribution in [-0.4, -0.2) is 24.2 Å². The number of carbonyl (C=O) groups excluding carboxylic acids is 1. The SMILES string of the molecule is O=C(NCC1CCCCC1)c1ccccc1C#CCO. The highest BCUT2D eigenvalue weighted by Gasteiger charge is 2.15. The molecular weight excluding hydrogens is 250 g/mol. The molecule has 1 aliphatic rings. The zero-order chi connectivity index (χ0) is 14.2. The van der Waals surface area contributed by atoms with Crippen molar-refractivity contribution in [2.45, 2.75) is 32.1 Å². The smallest absolute Gasteiger partial charge is 0.252 e. The molecule has 0 radical (unpaired) electrons. The summed E-state index contributed by atoms with van der Waals surface area (Å²) in [7, 11) is 0. The van der Waals surface area contributed by atoms with E-state index in [1.165, 1.54) is 32.1 Å². The monoisotopic (exact) mass is 271 g/mol. The first-order valence-electron chi connectivity index (χ1n) is 7.28. The van der Waals surface area contributed by atoms with Gasteiger partial charge in [-0.3, -0.25) is 4.79 Å². The number of nitrogens with one attached hydrogen (secondary N) is 1. The quantitative estimate of drug-likeness (QED) is 0.829. The standard InChI is InChI=1S/C17H21NO2/c19-12-6-10-15-9-4-5-11-16(15)17(20)18-13-14-7-2-1-3-8-14/h4-5,9,11,14,19H,1-3,7-8,12-13H2,(H,18,20). The molecule has 0 aromatic heterocycles. The third kappa shape index (κ3) is 4.11. The summed E-state index contributed by atoms with van der Waals surface area (Å²) in [5.41, 5.74) is 1.26. The lowest BCUT2D eigenvalue weighted by molar-refractivity contribution is 0.0943. The molecule has 0 spiro atoms. The fourth-order valence-corrected chi connectivity index (χ4v) is 2.65. The van der Waals surface area contributed by atoms with Crippen molar-refractivity contribution in [1.29, 1.82) is 0 Å². The fourth-order valence-electron chi connectivity index (χ4n) is 2.65. The largest absolute Gasteiger partial charge is 0.384 e. The van der Waals surface area contributed by atoms with Gasteiger partial charge in [0, 0.05) is 12.1 Å². The number of benzene rings is 1. The van der Waals surface area contributed by atoms with Crippen molar-refractivity contribution in [3.63, 3.8) is 0 Å². The second kappa shape index (κ2) is 7.72. The summed E-state index contributed by atoms with van der Waals surface area (Å²) in [5, 5.41) is 11.8. The Hall–Kier alpha value is -1.79. The van der Waals surface area contributed by atoms with Crippen molar-refractivity contribution in [3.8, 4) is 11.8 Å². The number of carbonyl (C=O) groups is 1. The van der Waals surface area contributed by atoms with Crippen LogP contribution in [0.5, 0.6) is 0 Å². The molecule has 1 saturated carbocycles. The van der Waals surface area contributed by atoms with E-state index in [2.05, 4.69) is 17.2 Å². The van der Waals surface area contributed by atoms with Crippen LogP contribution in [0, 0.1) is 17.8 Å². The van der Waals surface area contributed by atoms with Crippen molar-refractivity contribution < 1.29 is 9.90 Å². The maximum absolute atomic E-state index is 12.2. The summed E-state index contributed by atoms with van der Waals surface area (Å²) in [6.07, 6.45) is 6.31. The molecule has 1 aliphatic carbocycles. The predicted molar refractivity (Wildman–Crippen MR) is 79.3 cm³/mol. The maximum atomic E-state index is 12.2. The first kappa shape index (κ1) is 14.6. The van der Waals surface area contributed by atoms with Gasteiger partial charge in [-0.2, -0.15) is 0 Å². The number of aliphatic hydroxyl groups excluding tert-OH is 1. The normalized spacial score (nSPS) is 15.2. The van der Waals surface area contributed by atoms with Gasteiger partial charge in [-0.25, -0.2) is 0 Å². The summed E-state index contributed by atoms with van der Waals surface area (Å²) >= 11 is 0. The number of amides is 1. The van der Waals surface area contributed by atoms with Gasteiger partial charge >= 0.3 is 0 Å². The molecule has 3 nitrogen and oxygen atoms in total. The zero-order valence-corrected chi connectivity index (χ0v) is 11.7. The van der Waals surface area contributed by atoms with Gasteiger partial charge in [0.15, 0.2) is 0 Å². The Labute approximate surface area is 120 Å². The highest BCUT2D eigenvalue weighted by Crippen LogP contribution is 2.22. The summed E-state index contributed by atoms with van der Waals surface area (Å²) in [4.78, 5) is 12.2. The van der Waals surface area contributed by atoms with Gasteiger partial charge in [-0.05, 0) is 30.9 Å². The Morgan fingerprint density at radius 1 is 1.25 bits per heavy atom. The molecule has 20 heavy (non-hydrogen) atoms. The molecule has 106 valence electrons. The minimum absolute atomic E-state index is 0.0709. The molecule has 3 heteroatoms. The van der Waals surface area contributed by atoms with Gasteiger partial charge in [-0.1, -0.05) is 43.2 Å². The van der Waals surface area contributed by atoms with Gasteiger partial charge < -0.3 is 10.4 Å². The summed E-state index contributed by atoms with van der Waals surface area (Å²) in [6, 6.07) is 7.26. The Morgan fingerprint density at radius 3 is 2.75 bits per heavy atom. The molecule has 0 aliphatic heterocycles. The van der Waals surface area contributed by atoms with Gasteiger partial charge in [0.25, 0.3) is 5.91 Å². The van der Waals surface area contributed by atoms with Crippen LogP contribution < -0.4 is 5.32 Å². The molecule has 0 unspecified atom stereocenters. The molecule has 2 N–H and O–H groups in total. The number of rotatable bonds is 3. The van der Waals surface area contributed by atoms with Crippen LogP contribution in [-0.2, 0) is 0 Å². The van der Waals surface area contributed by atoms with E-state index in [0.29, 0.717) is 17.0 Å². The zero-order valence-electron chi connectivity index (χ0n) is 11.7. The molecule has 1 fully saturated rings. The molecular formula is C17H21NO2. The molecule has 1 aromatic rings. The second-order valence-corrected chi connectivity index (χ2v) is 5.22. The van der Waals surface area contributed by atoms with E-state index >= 15 is 0 Å². The fraction of sp³-hybridized carbons (Fsp3) is 0.471. The molecule has 0 atom stereocenters. The Kier molecular flexibility index (Phi) is 5.64. The van der Waals surface area contributed by atoms with Crippen LogP contribution in [0.2, 0.25) is 0 Å². The van der Waals surface area contributed by atoms with Crippen molar-refractivity contribution >= 4 is 5.91 Å². The van der Waals surface area contributed by atoms with Crippen LogP contribution in [0.25, 0.3) is 0 Å². The third-order valence-corrected chi connectivity index (χ3v) is 3.75.